The third-order valence-corrected chi connectivity index (χ3v) is 2.34. The Morgan fingerprint density at radius 2 is 2.12 bits per heavy atom. The SMILES string of the molecule is COC(=O)c1cc(Cl)ccc1NS(=O)(=O)O. The summed E-state index contributed by atoms with van der Waals surface area (Å²) >= 11 is 5.64. The molecule has 0 fully saturated rings. The van der Waals surface area contributed by atoms with Gasteiger partial charge in [0, 0.05) is 5.02 Å². The summed E-state index contributed by atoms with van der Waals surface area (Å²) in [5.74, 6) is -0.770. The fourth-order valence-corrected chi connectivity index (χ4v) is 1.65. The van der Waals surface area contributed by atoms with Gasteiger partial charge in [-0.2, -0.15) is 8.42 Å². The fourth-order valence-electron chi connectivity index (χ4n) is 1.02. The Morgan fingerprint density at radius 1 is 1.50 bits per heavy atom. The Kier molecular flexibility index (Phi) is 3.74. The van der Waals surface area contributed by atoms with Gasteiger partial charge in [-0.15, -0.1) is 0 Å². The summed E-state index contributed by atoms with van der Waals surface area (Å²) < 4.78 is 36.0. The number of benzene rings is 1. The molecule has 0 radical (unpaired) electrons. The zero-order chi connectivity index (χ0) is 12.3. The predicted molar refractivity (Wildman–Crippen MR) is 58.0 cm³/mol. The number of anilines is 1. The normalized spacial score (nSPS) is 10.9. The van der Waals surface area contributed by atoms with Crippen molar-refractivity contribution in [1.82, 2.24) is 0 Å². The van der Waals surface area contributed by atoms with E-state index < -0.39 is 16.3 Å². The Balaban J connectivity index is 3.23. The van der Waals surface area contributed by atoms with Crippen molar-refractivity contribution in [3.63, 3.8) is 0 Å². The molecule has 8 heteroatoms. The molecule has 6 nitrogen and oxygen atoms in total. The minimum Gasteiger partial charge on any atom is -0.465 e. The molecule has 0 spiro atoms. The molecule has 0 bridgehead atoms. The van der Waals surface area contributed by atoms with Gasteiger partial charge in [-0.1, -0.05) is 11.6 Å². The third-order valence-electron chi connectivity index (χ3n) is 1.63. The lowest BCUT2D eigenvalue weighted by atomic mass is 10.2. The minimum atomic E-state index is -4.46. The van der Waals surface area contributed by atoms with E-state index in [4.69, 9.17) is 16.2 Å². The molecule has 16 heavy (non-hydrogen) atoms. The highest BCUT2D eigenvalue weighted by molar-refractivity contribution is 7.87. The lowest BCUT2D eigenvalue weighted by Gasteiger charge is -2.08. The van der Waals surface area contributed by atoms with Gasteiger partial charge in [0.2, 0.25) is 0 Å². The quantitative estimate of drug-likeness (QED) is 0.635. The second-order valence-electron chi connectivity index (χ2n) is 2.76. The highest BCUT2D eigenvalue weighted by atomic mass is 35.5. The lowest BCUT2D eigenvalue weighted by Crippen LogP contribution is -2.14. The van der Waals surface area contributed by atoms with Gasteiger partial charge in [-0.25, -0.2) is 4.79 Å². The third kappa shape index (κ3) is 3.37. The van der Waals surface area contributed by atoms with Gasteiger partial charge in [-0.05, 0) is 18.2 Å². The molecule has 1 aromatic carbocycles. The van der Waals surface area contributed by atoms with Gasteiger partial charge in [-0.3, -0.25) is 9.27 Å². The van der Waals surface area contributed by atoms with E-state index in [1.54, 1.807) is 4.72 Å². The maximum atomic E-state index is 11.3. The van der Waals surface area contributed by atoms with Crippen LogP contribution < -0.4 is 4.72 Å². The van der Waals surface area contributed by atoms with Crippen molar-refractivity contribution < 1.29 is 22.5 Å². The second-order valence-corrected chi connectivity index (χ2v) is 4.35. The molecule has 0 atom stereocenters. The first-order chi connectivity index (χ1) is 7.33. The predicted octanol–water partition coefficient (Wildman–Crippen LogP) is 1.34. The summed E-state index contributed by atoms with van der Waals surface area (Å²) in [6.45, 7) is 0. The molecule has 0 unspecified atom stereocenters. The Bertz CT molecular complexity index is 513. The number of hydrogen-bond donors (Lipinski definition) is 2. The van der Waals surface area contributed by atoms with Gasteiger partial charge in [0.25, 0.3) is 0 Å². The number of carbonyl (C=O) groups excluding carboxylic acids is 1. The van der Waals surface area contributed by atoms with Crippen molar-refractivity contribution in [2.24, 2.45) is 0 Å². The van der Waals surface area contributed by atoms with E-state index in [-0.39, 0.29) is 16.3 Å². The molecule has 0 aromatic heterocycles. The first-order valence-electron chi connectivity index (χ1n) is 3.96. The average Bonchev–Trinajstić information content (AvgIpc) is 2.17. The average molecular weight is 266 g/mol. The Labute approximate surface area is 97.1 Å². The van der Waals surface area contributed by atoms with E-state index in [2.05, 4.69) is 4.74 Å². The summed E-state index contributed by atoms with van der Waals surface area (Å²) in [5.41, 5.74) is -0.202. The van der Waals surface area contributed by atoms with Gasteiger partial charge in [0.05, 0.1) is 18.4 Å². The van der Waals surface area contributed by atoms with Crippen LogP contribution >= 0.6 is 11.6 Å². The van der Waals surface area contributed by atoms with Crippen LogP contribution in [-0.2, 0) is 15.0 Å². The van der Waals surface area contributed by atoms with Crippen LogP contribution in [0.4, 0.5) is 5.69 Å². The molecule has 0 aliphatic heterocycles. The van der Waals surface area contributed by atoms with Crippen LogP contribution in [0, 0.1) is 0 Å². The van der Waals surface area contributed by atoms with Crippen LogP contribution in [0.2, 0.25) is 5.02 Å². The number of rotatable bonds is 3. The molecule has 0 saturated carbocycles. The van der Waals surface area contributed by atoms with E-state index >= 15 is 0 Å². The molecular weight excluding hydrogens is 258 g/mol. The van der Waals surface area contributed by atoms with Gasteiger partial charge < -0.3 is 4.74 Å². The van der Waals surface area contributed by atoms with E-state index in [1.165, 1.54) is 18.2 Å². The summed E-state index contributed by atoms with van der Waals surface area (Å²) in [6.07, 6.45) is 0. The van der Waals surface area contributed by atoms with E-state index in [9.17, 15) is 13.2 Å². The standard InChI is InChI=1S/C8H8ClNO5S/c1-15-8(11)6-4-5(9)2-3-7(6)10-16(12,13)14/h2-4,10H,1H3,(H,12,13,14). The maximum absolute atomic E-state index is 11.3. The highest BCUT2D eigenvalue weighted by Crippen LogP contribution is 2.22. The number of hydrogen-bond acceptors (Lipinski definition) is 4. The smallest absolute Gasteiger partial charge is 0.357 e. The minimum absolute atomic E-state index is 0.0902. The molecule has 1 rings (SSSR count). The summed E-state index contributed by atoms with van der Waals surface area (Å²) in [5, 5.41) is 0.237. The Hall–Kier alpha value is -1.31. The molecule has 0 heterocycles. The van der Waals surface area contributed by atoms with E-state index in [0.29, 0.717) is 0 Å². The van der Waals surface area contributed by atoms with Crippen LogP contribution in [0.3, 0.4) is 0 Å². The molecule has 88 valence electrons. The molecule has 1 aromatic rings. The van der Waals surface area contributed by atoms with Crippen LogP contribution in [0.15, 0.2) is 18.2 Å². The van der Waals surface area contributed by atoms with Crippen LogP contribution in [-0.4, -0.2) is 26.0 Å². The van der Waals surface area contributed by atoms with Crippen molar-refractivity contribution in [3.05, 3.63) is 28.8 Å². The lowest BCUT2D eigenvalue weighted by molar-refractivity contribution is 0.0602. The van der Waals surface area contributed by atoms with Crippen LogP contribution in [0.5, 0.6) is 0 Å². The second kappa shape index (κ2) is 4.69. The van der Waals surface area contributed by atoms with E-state index in [1.807, 2.05) is 0 Å². The fraction of sp³-hybridized carbons (Fsp3) is 0.125. The first-order valence-corrected chi connectivity index (χ1v) is 5.78. The number of methoxy groups -OCH3 is 1. The van der Waals surface area contributed by atoms with Crippen molar-refractivity contribution in [1.29, 1.82) is 0 Å². The van der Waals surface area contributed by atoms with E-state index in [0.717, 1.165) is 7.11 Å². The molecule has 0 aliphatic carbocycles. The Morgan fingerprint density at radius 3 is 2.62 bits per heavy atom. The maximum Gasteiger partial charge on any atom is 0.357 e. The topological polar surface area (TPSA) is 92.7 Å². The zero-order valence-corrected chi connectivity index (χ0v) is 9.67. The number of carbonyl (C=O) groups is 1. The van der Waals surface area contributed by atoms with Gasteiger partial charge in [0.1, 0.15) is 0 Å². The number of nitrogens with one attached hydrogen (secondary N) is 1. The van der Waals surface area contributed by atoms with Crippen molar-refractivity contribution in [3.8, 4) is 0 Å². The van der Waals surface area contributed by atoms with Crippen molar-refractivity contribution in [2.45, 2.75) is 0 Å². The van der Waals surface area contributed by atoms with Crippen molar-refractivity contribution in [2.75, 3.05) is 11.8 Å². The van der Waals surface area contributed by atoms with Crippen LogP contribution in [0.1, 0.15) is 10.4 Å². The number of halogens is 1. The highest BCUT2D eigenvalue weighted by Gasteiger charge is 2.15. The molecule has 2 N–H and O–H groups in total. The number of esters is 1. The molecular formula is C8H8ClNO5S. The summed E-state index contributed by atoms with van der Waals surface area (Å²) in [4.78, 5) is 11.3. The molecule has 0 amide bonds. The monoisotopic (exact) mass is 265 g/mol. The molecule has 0 aliphatic rings. The van der Waals surface area contributed by atoms with Gasteiger partial charge >= 0.3 is 16.3 Å². The first kappa shape index (κ1) is 12.8. The summed E-state index contributed by atoms with van der Waals surface area (Å²) in [6, 6.07) is 3.82. The van der Waals surface area contributed by atoms with Crippen molar-refractivity contribution >= 4 is 33.6 Å². The van der Waals surface area contributed by atoms with Crippen LogP contribution in [0.25, 0.3) is 0 Å². The number of ether oxygens (including phenoxy) is 1. The summed E-state index contributed by atoms with van der Waals surface area (Å²) in [7, 11) is -3.32. The zero-order valence-electron chi connectivity index (χ0n) is 8.10. The largest absolute Gasteiger partial charge is 0.465 e. The van der Waals surface area contributed by atoms with Gasteiger partial charge in [0.15, 0.2) is 0 Å². The molecule has 0 saturated heterocycles.